The minimum absolute atomic E-state index is 0.201. The van der Waals surface area contributed by atoms with Crippen molar-refractivity contribution < 1.29 is 8.42 Å². The van der Waals surface area contributed by atoms with E-state index in [9.17, 15) is 8.42 Å². The lowest BCUT2D eigenvalue weighted by molar-refractivity contribution is 0.463. The third kappa shape index (κ3) is 8.07. The molecule has 3 N–H and O–H groups in total. The molecule has 0 rings (SSSR count). The lowest BCUT2D eigenvalue weighted by atomic mass is 10.3. The van der Waals surface area contributed by atoms with Gasteiger partial charge in [0.2, 0.25) is 0 Å². The van der Waals surface area contributed by atoms with Gasteiger partial charge in [-0.2, -0.15) is 0 Å². The second kappa shape index (κ2) is 5.36. The van der Waals surface area contributed by atoms with Gasteiger partial charge in [-0.1, -0.05) is 13.3 Å². The van der Waals surface area contributed by atoms with Crippen LogP contribution in [0.4, 0.5) is 0 Å². The van der Waals surface area contributed by atoms with Crippen molar-refractivity contribution in [1.82, 2.24) is 5.32 Å². The van der Waals surface area contributed by atoms with Gasteiger partial charge in [-0.25, -0.2) is 8.42 Å². The van der Waals surface area contributed by atoms with Gasteiger partial charge in [-0.15, -0.1) is 0 Å². The fourth-order valence-corrected chi connectivity index (χ4v) is 1.87. The Hall–Kier alpha value is -0.550. The molecule has 0 aliphatic carbocycles. The fraction of sp³-hybridized carbons (Fsp3) is 0.778. The largest absolute Gasteiger partial charge is 0.373 e. The second-order valence-electron chi connectivity index (χ2n) is 3.89. The maximum atomic E-state index is 11.3. The van der Waals surface area contributed by atoms with E-state index >= 15 is 0 Å². The highest BCUT2D eigenvalue weighted by atomic mass is 32.2. The molecule has 0 radical (unpaired) electrons. The summed E-state index contributed by atoms with van der Waals surface area (Å²) >= 11 is 0. The molecule has 0 saturated carbocycles. The number of nitrogens with two attached hydrogens (primary N) is 1. The minimum Gasteiger partial charge on any atom is -0.373 e. The number of nitrogens with one attached hydrogen (secondary N) is 1. The Kier molecular flexibility index (Phi) is 5.15. The third-order valence-corrected chi connectivity index (χ3v) is 2.92. The molecule has 0 bridgehead atoms. The summed E-state index contributed by atoms with van der Waals surface area (Å²) in [6.45, 7) is 5.48. The van der Waals surface area contributed by atoms with Crippen LogP contribution in [0, 0.1) is 0 Å². The van der Waals surface area contributed by atoms with Crippen LogP contribution in [-0.4, -0.2) is 19.8 Å². The molecule has 5 heteroatoms. The third-order valence-electron chi connectivity index (χ3n) is 1.51. The van der Waals surface area contributed by atoms with Gasteiger partial charge in [0.1, 0.15) is 0 Å². The summed E-state index contributed by atoms with van der Waals surface area (Å²) in [4.78, 5) is 0. The Morgan fingerprint density at radius 1 is 1.43 bits per heavy atom. The molecule has 0 aliphatic heterocycles. The van der Waals surface area contributed by atoms with Crippen molar-refractivity contribution in [1.29, 1.82) is 0 Å². The maximum absolute atomic E-state index is 11.3. The first-order valence-electron chi connectivity index (χ1n) is 4.73. The van der Waals surface area contributed by atoms with E-state index < -0.39 is 15.5 Å². The van der Waals surface area contributed by atoms with Crippen molar-refractivity contribution in [2.24, 2.45) is 5.73 Å². The zero-order valence-electron chi connectivity index (χ0n) is 9.08. The van der Waals surface area contributed by atoms with Crippen molar-refractivity contribution in [2.45, 2.75) is 39.3 Å². The van der Waals surface area contributed by atoms with E-state index in [4.69, 9.17) is 5.73 Å². The second-order valence-corrected chi connectivity index (χ2v) is 5.90. The predicted octanol–water partition coefficient (Wildman–Crippen LogP) is 0.957. The molecule has 0 heterocycles. The lowest BCUT2D eigenvalue weighted by Crippen LogP contribution is -2.44. The lowest BCUT2D eigenvalue weighted by Gasteiger charge is -2.18. The number of hydrogen-bond acceptors (Lipinski definition) is 4. The number of hydrogen-bond donors (Lipinski definition) is 2. The van der Waals surface area contributed by atoms with Gasteiger partial charge in [-0.3, -0.25) is 0 Å². The smallest absolute Gasteiger partial charge is 0.173 e. The number of unbranched alkanes of at least 4 members (excludes halogenated alkanes) is 1. The molecule has 0 amide bonds. The molecule has 4 nitrogen and oxygen atoms in total. The molecule has 0 saturated heterocycles. The Balaban J connectivity index is 4.10. The average molecular weight is 220 g/mol. The maximum Gasteiger partial charge on any atom is 0.173 e. The predicted molar refractivity (Wildman–Crippen MR) is 59.2 cm³/mol. The molecule has 0 aromatic rings. The summed E-state index contributed by atoms with van der Waals surface area (Å²) in [5.41, 5.74) is 5.02. The normalized spacial score (nSPS) is 13.4. The molecule has 0 fully saturated rings. The zero-order valence-corrected chi connectivity index (χ0v) is 9.89. The summed E-state index contributed by atoms with van der Waals surface area (Å²) in [6, 6.07) is 0. The summed E-state index contributed by atoms with van der Waals surface area (Å²) < 4.78 is 22.6. The minimum atomic E-state index is -3.06. The quantitative estimate of drug-likeness (QED) is 0.654. The van der Waals surface area contributed by atoms with Crippen LogP contribution in [0.2, 0.25) is 0 Å². The topological polar surface area (TPSA) is 72.2 Å². The van der Waals surface area contributed by atoms with Gasteiger partial charge < -0.3 is 11.1 Å². The van der Waals surface area contributed by atoms with Crippen LogP contribution >= 0.6 is 0 Å². The fourth-order valence-electron chi connectivity index (χ4n) is 0.766. The van der Waals surface area contributed by atoms with Crippen molar-refractivity contribution in [2.75, 3.05) is 5.75 Å². The molecule has 14 heavy (non-hydrogen) atoms. The molecule has 0 atom stereocenters. The summed E-state index contributed by atoms with van der Waals surface area (Å²) in [7, 11) is -3.06. The highest BCUT2D eigenvalue weighted by molar-refractivity contribution is 7.94. The van der Waals surface area contributed by atoms with Gasteiger partial charge in [0.15, 0.2) is 9.84 Å². The molecule has 84 valence electrons. The van der Waals surface area contributed by atoms with Gasteiger partial charge in [0, 0.05) is 11.6 Å². The van der Waals surface area contributed by atoms with E-state index in [2.05, 4.69) is 5.32 Å². The molecular formula is C9H20N2O2S. The molecule has 0 unspecified atom stereocenters. The number of sulfone groups is 1. The van der Waals surface area contributed by atoms with Crippen LogP contribution in [0.1, 0.15) is 33.6 Å². The Morgan fingerprint density at radius 3 is 2.43 bits per heavy atom. The highest BCUT2D eigenvalue weighted by Crippen LogP contribution is 1.98. The van der Waals surface area contributed by atoms with Gasteiger partial charge in [-0.05, 0) is 20.3 Å². The Bertz CT molecular complexity index is 276. The molecule has 0 spiro atoms. The van der Waals surface area contributed by atoms with Gasteiger partial charge in [0.25, 0.3) is 0 Å². The molecule has 0 aliphatic rings. The number of rotatable bonds is 6. The first-order chi connectivity index (χ1) is 6.27. The SMILES string of the molecule is CCCCS(=O)(=O)C=CNC(C)(C)N. The summed E-state index contributed by atoms with van der Waals surface area (Å²) in [5, 5.41) is 3.95. The van der Waals surface area contributed by atoms with Gasteiger partial charge in [0.05, 0.1) is 11.4 Å². The van der Waals surface area contributed by atoms with Crippen LogP contribution in [0.25, 0.3) is 0 Å². The van der Waals surface area contributed by atoms with Crippen molar-refractivity contribution in [3.05, 3.63) is 11.6 Å². The van der Waals surface area contributed by atoms with Crippen LogP contribution in [0.3, 0.4) is 0 Å². The van der Waals surface area contributed by atoms with E-state index in [-0.39, 0.29) is 5.75 Å². The monoisotopic (exact) mass is 220 g/mol. The van der Waals surface area contributed by atoms with E-state index in [0.29, 0.717) is 6.42 Å². The van der Waals surface area contributed by atoms with Crippen molar-refractivity contribution >= 4 is 9.84 Å². The van der Waals surface area contributed by atoms with Crippen LogP contribution in [0.5, 0.6) is 0 Å². The first-order valence-corrected chi connectivity index (χ1v) is 6.44. The molecule has 0 aromatic heterocycles. The van der Waals surface area contributed by atoms with E-state index in [1.165, 1.54) is 11.6 Å². The van der Waals surface area contributed by atoms with E-state index in [1.807, 2.05) is 6.92 Å². The highest BCUT2D eigenvalue weighted by Gasteiger charge is 2.07. The Morgan fingerprint density at radius 2 is 2.00 bits per heavy atom. The first kappa shape index (κ1) is 13.4. The summed E-state index contributed by atoms with van der Waals surface area (Å²) in [5.74, 6) is 0.201. The van der Waals surface area contributed by atoms with Gasteiger partial charge >= 0.3 is 0 Å². The summed E-state index contributed by atoms with van der Waals surface area (Å²) in [6.07, 6.45) is 2.96. The molecule has 0 aromatic carbocycles. The van der Waals surface area contributed by atoms with Crippen molar-refractivity contribution in [3.63, 3.8) is 0 Å². The standard InChI is InChI=1S/C9H20N2O2S/c1-4-5-7-14(12,13)8-6-11-9(2,3)10/h6,8,11H,4-5,7,10H2,1-3H3. The average Bonchev–Trinajstić information content (AvgIpc) is 1.98. The van der Waals surface area contributed by atoms with Crippen LogP contribution in [-0.2, 0) is 9.84 Å². The Labute approximate surface area is 86.5 Å². The van der Waals surface area contributed by atoms with Crippen LogP contribution < -0.4 is 11.1 Å². The molecular weight excluding hydrogens is 200 g/mol. The zero-order chi connectivity index (χ0) is 11.2. The van der Waals surface area contributed by atoms with E-state index in [0.717, 1.165) is 6.42 Å². The van der Waals surface area contributed by atoms with Crippen LogP contribution in [0.15, 0.2) is 11.6 Å². The van der Waals surface area contributed by atoms with E-state index in [1.54, 1.807) is 13.8 Å². The van der Waals surface area contributed by atoms with Crippen molar-refractivity contribution in [3.8, 4) is 0 Å².